The van der Waals surface area contributed by atoms with Gasteiger partial charge in [0.1, 0.15) is 0 Å². The zero-order chi connectivity index (χ0) is 12.6. The molecule has 2 rings (SSSR count). The van der Waals surface area contributed by atoms with E-state index >= 15 is 0 Å². The van der Waals surface area contributed by atoms with Crippen molar-refractivity contribution in [2.45, 2.75) is 64.5 Å². The average molecular weight is 238 g/mol. The minimum Gasteiger partial charge on any atom is -0.351 e. The summed E-state index contributed by atoms with van der Waals surface area (Å²) >= 11 is 0. The van der Waals surface area contributed by atoms with E-state index < -0.39 is 5.54 Å². The van der Waals surface area contributed by atoms with Gasteiger partial charge in [0, 0.05) is 6.04 Å². The molecule has 1 amide bonds. The molecule has 0 radical (unpaired) electrons. The van der Waals surface area contributed by atoms with Gasteiger partial charge in [0.25, 0.3) is 0 Å². The van der Waals surface area contributed by atoms with Gasteiger partial charge in [-0.2, -0.15) is 0 Å². The third kappa shape index (κ3) is 2.49. The summed E-state index contributed by atoms with van der Waals surface area (Å²) in [5, 5.41) is 3.19. The van der Waals surface area contributed by atoms with Crippen LogP contribution in [0.1, 0.15) is 52.9 Å². The normalized spacial score (nSPS) is 36.6. The molecule has 0 aliphatic heterocycles. The van der Waals surface area contributed by atoms with E-state index in [1.54, 1.807) is 0 Å². The summed E-state index contributed by atoms with van der Waals surface area (Å²) in [7, 11) is 0. The standard InChI is InChI=1S/C14H26N2O/c1-4-10-5-8-12(9(10)2)16-13(17)14(3,15)11-6-7-11/h9-12H,4-8,15H2,1-3H3,(H,16,17). The molecule has 4 unspecified atom stereocenters. The Morgan fingerprint density at radius 1 is 1.35 bits per heavy atom. The highest BCUT2D eigenvalue weighted by Gasteiger charge is 2.45. The molecular formula is C14H26N2O. The van der Waals surface area contributed by atoms with E-state index in [0.717, 1.165) is 25.2 Å². The lowest BCUT2D eigenvalue weighted by molar-refractivity contribution is -0.127. The third-order valence-electron chi connectivity index (χ3n) is 4.98. The van der Waals surface area contributed by atoms with Gasteiger partial charge in [-0.15, -0.1) is 0 Å². The Hall–Kier alpha value is -0.570. The first kappa shape index (κ1) is 12.9. The Morgan fingerprint density at radius 2 is 2.00 bits per heavy atom. The summed E-state index contributed by atoms with van der Waals surface area (Å²) in [4.78, 5) is 12.2. The lowest BCUT2D eigenvalue weighted by Gasteiger charge is -2.28. The molecule has 98 valence electrons. The maximum absolute atomic E-state index is 12.2. The van der Waals surface area contributed by atoms with E-state index in [2.05, 4.69) is 19.2 Å². The van der Waals surface area contributed by atoms with Crippen LogP contribution in [-0.2, 0) is 4.79 Å². The SMILES string of the molecule is CCC1CCC(NC(=O)C(C)(N)C2CC2)C1C. The predicted octanol–water partition coefficient (Wildman–Crippen LogP) is 2.05. The first-order valence-electron chi connectivity index (χ1n) is 7.06. The van der Waals surface area contributed by atoms with E-state index in [1.165, 1.54) is 12.8 Å². The maximum Gasteiger partial charge on any atom is 0.240 e. The van der Waals surface area contributed by atoms with Crippen LogP contribution < -0.4 is 11.1 Å². The van der Waals surface area contributed by atoms with Crippen molar-refractivity contribution in [3.05, 3.63) is 0 Å². The van der Waals surface area contributed by atoms with E-state index in [9.17, 15) is 4.79 Å². The van der Waals surface area contributed by atoms with Crippen LogP contribution >= 0.6 is 0 Å². The highest BCUT2D eigenvalue weighted by Crippen LogP contribution is 2.39. The zero-order valence-corrected chi connectivity index (χ0v) is 11.3. The van der Waals surface area contributed by atoms with Crippen LogP contribution in [0, 0.1) is 17.8 Å². The molecule has 3 N–H and O–H groups in total. The largest absolute Gasteiger partial charge is 0.351 e. The molecule has 2 aliphatic carbocycles. The van der Waals surface area contributed by atoms with Crippen molar-refractivity contribution in [3.63, 3.8) is 0 Å². The molecule has 4 atom stereocenters. The zero-order valence-electron chi connectivity index (χ0n) is 11.3. The highest BCUT2D eigenvalue weighted by molar-refractivity contribution is 5.86. The van der Waals surface area contributed by atoms with E-state index in [0.29, 0.717) is 17.9 Å². The van der Waals surface area contributed by atoms with Crippen LogP contribution in [0.4, 0.5) is 0 Å². The van der Waals surface area contributed by atoms with Crippen LogP contribution in [0.3, 0.4) is 0 Å². The fraction of sp³-hybridized carbons (Fsp3) is 0.929. The molecule has 3 nitrogen and oxygen atoms in total. The van der Waals surface area contributed by atoms with Crippen molar-refractivity contribution < 1.29 is 4.79 Å². The minimum absolute atomic E-state index is 0.0635. The van der Waals surface area contributed by atoms with Crippen LogP contribution in [0.5, 0.6) is 0 Å². The second-order valence-corrected chi connectivity index (χ2v) is 6.24. The number of nitrogens with two attached hydrogens (primary N) is 1. The molecule has 2 aliphatic rings. The Kier molecular flexibility index (Phi) is 3.48. The van der Waals surface area contributed by atoms with Crippen LogP contribution in [0.2, 0.25) is 0 Å². The van der Waals surface area contributed by atoms with Gasteiger partial charge >= 0.3 is 0 Å². The van der Waals surface area contributed by atoms with Crippen molar-refractivity contribution in [2.75, 3.05) is 0 Å². The van der Waals surface area contributed by atoms with Gasteiger partial charge in [-0.3, -0.25) is 4.79 Å². The molecule has 0 aromatic carbocycles. The molecule has 2 fully saturated rings. The number of nitrogens with one attached hydrogen (secondary N) is 1. The second-order valence-electron chi connectivity index (χ2n) is 6.24. The smallest absolute Gasteiger partial charge is 0.240 e. The van der Waals surface area contributed by atoms with Gasteiger partial charge in [0.05, 0.1) is 5.54 Å². The molecule has 0 aromatic rings. The number of hydrogen-bond donors (Lipinski definition) is 2. The lowest BCUT2D eigenvalue weighted by atomic mass is 9.92. The first-order chi connectivity index (χ1) is 7.96. The summed E-state index contributed by atoms with van der Waals surface area (Å²) in [6.07, 6.45) is 5.80. The van der Waals surface area contributed by atoms with Crippen molar-refractivity contribution in [2.24, 2.45) is 23.5 Å². The molecule has 0 heterocycles. The summed E-state index contributed by atoms with van der Waals surface area (Å²) in [5.41, 5.74) is 5.50. The summed E-state index contributed by atoms with van der Waals surface area (Å²) < 4.78 is 0. The molecule has 0 spiro atoms. The predicted molar refractivity (Wildman–Crippen MR) is 69.4 cm³/mol. The molecule has 0 saturated heterocycles. The Balaban J connectivity index is 1.91. The molecular weight excluding hydrogens is 212 g/mol. The number of amides is 1. The van der Waals surface area contributed by atoms with Crippen molar-refractivity contribution in [3.8, 4) is 0 Å². The Labute approximate surface area is 105 Å². The Bertz CT molecular complexity index is 297. The second kappa shape index (κ2) is 4.60. The van der Waals surface area contributed by atoms with Crippen molar-refractivity contribution >= 4 is 5.91 Å². The fourth-order valence-electron chi connectivity index (χ4n) is 3.22. The van der Waals surface area contributed by atoms with Crippen LogP contribution in [-0.4, -0.2) is 17.5 Å². The summed E-state index contributed by atoms with van der Waals surface area (Å²) in [5.74, 6) is 1.83. The molecule has 17 heavy (non-hydrogen) atoms. The third-order valence-corrected chi connectivity index (χ3v) is 4.98. The first-order valence-corrected chi connectivity index (χ1v) is 7.06. The Morgan fingerprint density at radius 3 is 2.47 bits per heavy atom. The van der Waals surface area contributed by atoms with Gasteiger partial charge in [-0.25, -0.2) is 0 Å². The lowest BCUT2D eigenvalue weighted by Crippen LogP contribution is -2.56. The van der Waals surface area contributed by atoms with Crippen molar-refractivity contribution in [1.82, 2.24) is 5.32 Å². The van der Waals surface area contributed by atoms with Gasteiger partial charge in [0.15, 0.2) is 0 Å². The van der Waals surface area contributed by atoms with Gasteiger partial charge in [0.2, 0.25) is 5.91 Å². The van der Waals surface area contributed by atoms with E-state index in [1.807, 2.05) is 6.92 Å². The molecule has 0 aromatic heterocycles. The number of carbonyl (C=O) groups is 1. The number of rotatable bonds is 4. The maximum atomic E-state index is 12.2. The fourth-order valence-corrected chi connectivity index (χ4v) is 3.22. The average Bonchev–Trinajstić information content (AvgIpc) is 3.07. The topological polar surface area (TPSA) is 55.1 Å². The number of hydrogen-bond acceptors (Lipinski definition) is 2. The van der Waals surface area contributed by atoms with Crippen LogP contribution in [0.25, 0.3) is 0 Å². The monoisotopic (exact) mass is 238 g/mol. The van der Waals surface area contributed by atoms with E-state index in [4.69, 9.17) is 5.73 Å². The van der Waals surface area contributed by atoms with Gasteiger partial charge in [-0.1, -0.05) is 20.3 Å². The highest BCUT2D eigenvalue weighted by atomic mass is 16.2. The summed E-state index contributed by atoms with van der Waals surface area (Å²) in [6, 6.07) is 0.342. The molecule has 3 heteroatoms. The van der Waals surface area contributed by atoms with Gasteiger partial charge < -0.3 is 11.1 Å². The van der Waals surface area contributed by atoms with Gasteiger partial charge in [-0.05, 0) is 50.4 Å². The van der Waals surface area contributed by atoms with Crippen LogP contribution in [0.15, 0.2) is 0 Å². The minimum atomic E-state index is -0.649. The number of carbonyl (C=O) groups excluding carboxylic acids is 1. The summed E-state index contributed by atoms with van der Waals surface area (Å²) in [6.45, 7) is 6.39. The van der Waals surface area contributed by atoms with E-state index in [-0.39, 0.29) is 5.91 Å². The quantitative estimate of drug-likeness (QED) is 0.787. The molecule has 0 bridgehead atoms. The molecule has 2 saturated carbocycles. The van der Waals surface area contributed by atoms with Crippen molar-refractivity contribution in [1.29, 1.82) is 0 Å².